The van der Waals surface area contributed by atoms with Crippen molar-refractivity contribution in [1.29, 1.82) is 0 Å². The number of imidazole rings is 1. The highest BCUT2D eigenvalue weighted by Crippen LogP contribution is 2.42. The fourth-order valence-corrected chi connectivity index (χ4v) is 3.46. The third-order valence-electron chi connectivity index (χ3n) is 4.48. The molecule has 0 spiro atoms. The summed E-state index contributed by atoms with van der Waals surface area (Å²) in [5.41, 5.74) is 9.27. The Balaban J connectivity index is 1.98. The summed E-state index contributed by atoms with van der Waals surface area (Å²) < 4.78 is 2.31. The van der Waals surface area contributed by atoms with Crippen LogP contribution in [0.5, 0.6) is 0 Å². The van der Waals surface area contributed by atoms with E-state index in [2.05, 4.69) is 53.9 Å². The average molecular weight is 269 g/mol. The number of hydrogen-bond donors (Lipinski definition) is 1. The molecule has 0 aliphatic heterocycles. The van der Waals surface area contributed by atoms with Gasteiger partial charge in [-0.15, -0.1) is 0 Å². The maximum Gasteiger partial charge on any atom is 0.108 e. The number of nitrogens with zero attached hydrogens (tertiary/aromatic N) is 2. The van der Waals surface area contributed by atoms with Crippen LogP contribution in [0, 0.1) is 0 Å². The minimum Gasteiger partial charge on any atom is -0.330 e. The minimum absolute atomic E-state index is 0.0622. The van der Waals surface area contributed by atoms with E-state index < -0.39 is 0 Å². The van der Waals surface area contributed by atoms with E-state index in [1.807, 2.05) is 6.20 Å². The summed E-state index contributed by atoms with van der Waals surface area (Å²) in [7, 11) is 0. The van der Waals surface area contributed by atoms with E-state index in [4.69, 9.17) is 5.73 Å². The second-order valence-electron chi connectivity index (χ2n) is 5.86. The molecule has 1 aromatic carbocycles. The average Bonchev–Trinajstić information content (AvgIpc) is 2.91. The van der Waals surface area contributed by atoms with E-state index in [0.29, 0.717) is 12.0 Å². The summed E-state index contributed by atoms with van der Waals surface area (Å²) in [5.74, 6) is 1.72. The number of aromatic nitrogens is 2. The maximum absolute atomic E-state index is 6.56. The molecule has 0 saturated heterocycles. The summed E-state index contributed by atoms with van der Waals surface area (Å²) in [6.45, 7) is 4.49. The molecule has 0 radical (unpaired) electrons. The molecule has 2 N–H and O–H groups in total. The summed E-state index contributed by atoms with van der Waals surface area (Å²) in [4.78, 5) is 4.50. The van der Waals surface area contributed by atoms with Crippen LogP contribution in [0.2, 0.25) is 0 Å². The summed E-state index contributed by atoms with van der Waals surface area (Å²) >= 11 is 0. The number of benzene rings is 1. The predicted molar refractivity (Wildman–Crippen MR) is 81.7 cm³/mol. The van der Waals surface area contributed by atoms with Crippen molar-refractivity contribution < 1.29 is 0 Å². The number of fused-ring (bicyclic) bond motifs is 1. The number of hydrogen-bond acceptors (Lipinski definition) is 2. The molecular weight excluding hydrogens is 246 g/mol. The van der Waals surface area contributed by atoms with Crippen molar-refractivity contribution >= 4 is 0 Å². The summed E-state index contributed by atoms with van der Waals surface area (Å²) in [6, 6.07) is 8.99. The minimum atomic E-state index is 0.0622. The van der Waals surface area contributed by atoms with Gasteiger partial charge < -0.3 is 10.3 Å². The Labute approximate surface area is 120 Å². The smallest absolute Gasteiger partial charge is 0.108 e. The van der Waals surface area contributed by atoms with Crippen molar-refractivity contribution in [1.82, 2.24) is 9.55 Å². The fraction of sp³-hybridized carbons (Fsp3) is 0.471. The Kier molecular flexibility index (Phi) is 3.62. The molecule has 3 unspecified atom stereocenters. The second kappa shape index (κ2) is 5.41. The lowest BCUT2D eigenvalue weighted by atomic mass is 9.78. The largest absolute Gasteiger partial charge is 0.330 e. The molecule has 0 saturated carbocycles. The molecule has 0 fully saturated rings. The van der Waals surface area contributed by atoms with Crippen molar-refractivity contribution in [2.45, 2.75) is 51.1 Å². The normalized spacial score (nSPS) is 25.4. The first-order valence-corrected chi connectivity index (χ1v) is 7.58. The molecule has 3 nitrogen and oxygen atoms in total. The van der Waals surface area contributed by atoms with Crippen LogP contribution in [0.1, 0.15) is 61.6 Å². The van der Waals surface area contributed by atoms with E-state index in [9.17, 15) is 0 Å². The lowest BCUT2D eigenvalue weighted by Crippen LogP contribution is -2.31. The predicted octanol–water partition coefficient (Wildman–Crippen LogP) is 3.58. The third kappa shape index (κ3) is 2.16. The molecule has 1 aliphatic rings. The van der Waals surface area contributed by atoms with Crippen LogP contribution in [-0.4, -0.2) is 9.55 Å². The molecule has 0 amide bonds. The molecule has 3 atom stereocenters. The van der Waals surface area contributed by atoms with E-state index >= 15 is 0 Å². The fourth-order valence-electron chi connectivity index (χ4n) is 3.46. The molecule has 106 valence electrons. The highest BCUT2D eigenvalue weighted by atomic mass is 15.1. The molecule has 3 heteroatoms. The first-order valence-electron chi connectivity index (χ1n) is 7.58. The number of nitrogens with two attached hydrogens (primary N) is 1. The first-order chi connectivity index (χ1) is 9.72. The van der Waals surface area contributed by atoms with Gasteiger partial charge in [0.05, 0.1) is 12.1 Å². The van der Waals surface area contributed by atoms with Crippen LogP contribution in [-0.2, 0) is 6.42 Å². The zero-order valence-corrected chi connectivity index (χ0v) is 12.3. The van der Waals surface area contributed by atoms with Crippen LogP contribution in [0.3, 0.4) is 0 Å². The van der Waals surface area contributed by atoms with Gasteiger partial charge in [-0.05, 0) is 29.9 Å². The quantitative estimate of drug-likeness (QED) is 0.925. The van der Waals surface area contributed by atoms with Crippen molar-refractivity contribution in [2.75, 3.05) is 0 Å². The Morgan fingerprint density at radius 1 is 1.30 bits per heavy atom. The van der Waals surface area contributed by atoms with Crippen molar-refractivity contribution in [3.8, 4) is 0 Å². The van der Waals surface area contributed by atoms with E-state index in [1.165, 1.54) is 17.0 Å². The zero-order valence-electron chi connectivity index (χ0n) is 12.3. The van der Waals surface area contributed by atoms with Crippen molar-refractivity contribution in [2.24, 2.45) is 5.73 Å². The highest BCUT2D eigenvalue weighted by molar-refractivity contribution is 5.36. The summed E-state index contributed by atoms with van der Waals surface area (Å²) in [5, 5.41) is 0. The summed E-state index contributed by atoms with van der Waals surface area (Å²) in [6.07, 6.45) is 7.22. The Morgan fingerprint density at radius 2 is 2.05 bits per heavy atom. The molecule has 2 aromatic rings. The first kappa shape index (κ1) is 13.4. The maximum atomic E-state index is 6.56. The third-order valence-corrected chi connectivity index (χ3v) is 4.48. The molecule has 3 rings (SSSR count). The van der Waals surface area contributed by atoms with Crippen LogP contribution < -0.4 is 5.73 Å². The highest BCUT2D eigenvalue weighted by Gasteiger charge is 2.32. The van der Waals surface area contributed by atoms with Crippen LogP contribution in [0.4, 0.5) is 0 Å². The molecule has 1 heterocycles. The molecule has 1 aliphatic carbocycles. The lowest BCUT2D eigenvalue weighted by molar-refractivity contribution is 0.335. The van der Waals surface area contributed by atoms with Crippen LogP contribution in [0.25, 0.3) is 0 Å². The van der Waals surface area contributed by atoms with Gasteiger partial charge in [0.2, 0.25) is 0 Å². The lowest BCUT2D eigenvalue weighted by Gasteiger charge is -2.36. The Hall–Kier alpha value is -1.61. The van der Waals surface area contributed by atoms with Gasteiger partial charge in [0.25, 0.3) is 0 Å². The van der Waals surface area contributed by atoms with Crippen LogP contribution >= 0.6 is 0 Å². The van der Waals surface area contributed by atoms with Gasteiger partial charge in [0.1, 0.15) is 5.82 Å². The van der Waals surface area contributed by atoms with E-state index in [1.54, 1.807) is 0 Å². The van der Waals surface area contributed by atoms with Gasteiger partial charge in [-0.25, -0.2) is 4.98 Å². The number of aryl methyl sites for hydroxylation is 1. The second-order valence-corrected chi connectivity index (χ2v) is 5.86. The Morgan fingerprint density at radius 3 is 2.80 bits per heavy atom. The van der Waals surface area contributed by atoms with Gasteiger partial charge in [0, 0.05) is 18.8 Å². The van der Waals surface area contributed by atoms with Crippen molar-refractivity contribution in [3.63, 3.8) is 0 Å². The molecule has 20 heavy (non-hydrogen) atoms. The van der Waals surface area contributed by atoms with Crippen LogP contribution in [0.15, 0.2) is 36.7 Å². The molecular formula is C17H23N3. The van der Waals surface area contributed by atoms with Gasteiger partial charge in [-0.1, -0.05) is 38.1 Å². The van der Waals surface area contributed by atoms with Gasteiger partial charge in [-0.2, -0.15) is 0 Å². The zero-order chi connectivity index (χ0) is 14.1. The van der Waals surface area contributed by atoms with Crippen molar-refractivity contribution in [3.05, 3.63) is 53.6 Å². The Bertz CT molecular complexity index is 587. The van der Waals surface area contributed by atoms with E-state index in [0.717, 1.165) is 19.3 Å². The van der Waals surface area contributed by atoms with Gasteiger partial charge in [0.15, 0.2) is 0 Å². The number of rotatable bonds is 3. The SMILES string of the molecule is CCCc1nccn1C1CC(C)c2ccccc2C1N. The monoisotopic (exact) mass is 269 g/mol. The van der Waals surface area contributed by atoms with Gasteiger partial charge >= 0.3 is 0 Å². The molecule has 0 bridgehead atoms. The topological polar surface area (TPSA) is 43.8 Å². The van der Waals surface area contributed by atoms with Gasteiger partial charge in [-0.3, -0.25) is 0 Å². The van der Waals surface area contributed by atoms with E-state index in [-0.39, 0.29) is 6.04 Å². The molecule has 1 aromatic heterocycles. The standard InChI is InChI=1S/C17H23N3/c1-3-6-16-19-9-10-20(16)15-11-12(2)13-7-4-5-8-14(13)17(15)18/h4-5,7-10,12,15,17H,3,6,11,18H2,1-2H3.